The molecule has 1 aromatic heterocycles. The first-order chi connectivity index (χ1) is 16.3. The van der Waals surface area contributed by atoms with E-state index in [2.05, 4.69) is 9.72 Å². The molecule has 15 heteroatoms. The second-order valence-electron chi connectivity index (χ2n) is 6.70. The molecule has 0 saturated heterocycles. The Morgan fingerprint density at radius 1 is 1.06 bits per heavy atom. The van der Waals surface area contributed by atoms with Crippen molar-refractivity contribution in [1.29, 1.82) is 0 Å². The van der Waals surface area contributed by atoms with Gasteiger partial charge >= 0.3 is 6.61 Å². The molecule has 2 aromatic carbocycles. The Kier molecular flexibility index (Phi) is 7.45. The highest BCUT2D eigenvalue weighted by atomic mass is 35.5. The van der Waals surface area contributed by atoms with Crippen LogP contribution in [0, 0.1) is 23.3 Å². The normalized spacial score (nSPS) is 11.5. The van der Waals surface area contributed by atoms with Crippen LogP contribution in [0.2, 0.25) is 5.02 Å². The van der Waals surface area contributed by atoms with Gasteiger partial charge in [0.1, 0.15) is 16.6 Å². The molecule has 0 spiro atoms. The molecule has 0 saturated carbocycles. The van der Waals surface area contributed by atoms with Crippen molar-refractivity contribution in [3.8, 4) is 28.5 Å². The smallest absolute Gasteiger partial charge is 0.387 e. The zero-order chi connectivity index (χ0) is 26.1. The minimum absolute atomic E-state index is 0.174. The average molecular weight is 541 g/mol. The van der Waals surface area contributed by atoms with Crippen molar-refractivity contribution in [2.75, 3.05) is 6.26 Å². The maximum Gasteiger partial charge on any atom is 0.387 e. The lowest BCUT2D eigenvalue weighted by atomic mass is 10.0. The Morgan fingerprint density at radius 2 is 1.71 bits per heavy atom. The number of amides is 1. The molecule has 1 heterocycles. The van der Waals surface area contributed by atoms with E-state index in [1.807, 2.05) is 0 Å². The zero-order valence-electron chi connectivity index (χ0n) is 17.1. The van der Waals surface area contributed by atoms with Gasteiger partial charge in [-0.25, -0.2) is 31.3 Å². The summed E-state index contributed by atoms with van der Waals surface area (Å²) in [6, 6.07) is 3.20. The lowest BCUT2D eigenvalue weighted by molar-refractivity contribution is -0.0495. The fraction of sp³-hybridized carbons (Fsp3) is 0.100. The van der Waals surface area contributed by atoms with Crippen molar-refractivity contribution in [1.82, 2.24) is 9.71 Å². The SMILES string of the molecule is CS(=O)(=O)NC(=O)c1cc(OC(F)F)c(-c2cnc(Oc3c(F)ccc(F)c3F)c(Cl)c2)cc1F. The van der Waals surface area contributed by atoms with Crippen LogP contribution in [-0.2, 0) is 10.0 Å². The fourth-order valence-electron chi connectivity index (χ4n) is 2.72. The highest BCUT2D eigenvalue weighted by Gasteiger charge is 2.23. The van der Waals surface area contributed by atoms with Gasteiger partial charge in [0.2, 0.25) is 27.5 Å². The number of aromatic nitrogens is 1. The van der Waals surface area contributed by atoms with Gasteiger partial charge in [0.05, 0.1) is 11.8 Å². The molecule has 1 N–H and O–H groups in total. The van der Waals surface area contributed by atoms with Gasteiger partial charge in [-0.15, -0.1) is 0 Å². The van der Waals surface area contributed by atoms with Crippen LogP contribution in [0.25, 0.3) is 11.1 Å². The summed E-state index contributed by atoms with van der Waals surface area (Å²) >= 11 is 5.99. The van der Waals surface area contributed by atoms with Crippen LogP contribution < -0.4 is 14.2 Å². The van der Waals surface area contributed by atoms with Crippen LogP contribution >= 0.6 is 11.6 Å². The van der Waals surface area contributed by atoms with Crippen molar-refractivity contribution in [2.24, 2.45) is 0 Å². The van der Waals surface area contributed by atoms with Gasteiger partial charge in [-0.3, -0.25) is 4.79 Å². The molecule has 0 aliphatic carbocycles. The quantitative estimate of drug-likeness (QED) is 0.333. The molecule has 35 heavy (non-hydrogen) atoms. The van der Waals surface area contributed by atoms with Crippen molar-refractivity contribution < 1.29 is 49.0 Å². The lowest BCUT2D eigenvalue weighted by Gasteiger charge is -2.15. The molecule has 0 unspecified atom stereocenters. The van der Waals surface area contributed by atoms with Gasteiger partial charge in [-0.2, -0.15) is 13.2 Å². The van der Waals surface area contributed by atoms with E-state index < -0.39 is 79.3 Å². The number of halogens is 7. The van der Waals surface area contributed by atoms with E-state index in [1.54, 1.807) is 0 Å². The van der Waals surface area contributed by atoms with E-state index in [4.69, 9.17) is 16.3 Å². The fourth-order valence-corrected chi connectivity index (χ4v) is 3.37. The number of nitrogens with zero attached hydrogens (tertiary/aromatic N) is 1. The van der Waals surface area contributed by atoms with Crippen LogP contribution in [0.1, 0.15) is 10.4 Å². The summed E-state index contributed by atoms with van der Waals surface area (Å²) in [5.74, 6) is -9.64. The summed E-state index contributed by atoms with van der Waals surface area (Å²) in [7, 11) is -4.10. The Morgan fingerprint density at radius 3 is 2.31 bits per heavy atom. The second kappa shape index (κ2) is 10.00. The topological polar surface area (TPSA) is 94.6 Å². The predicted molar refractivity (Wildman–Crippen MR) is 110 cm³/mol. The third-order valence-electron chi connectivity index (χ3n) is 4.13. The number of pyridine rings is 1. The van der Waals surface area contributed by atoms with Gasteiger partial charge in [0.15, 0.2) is 11.6 Å². The summed E-state index contributed by atoms with van der Waals surface area (Å²) < 4.78 is 115. The maximum atomic E-state index is 14.6. The molecular formula is C20H11ClF6N2O5S. The molecule has 3 aromatic rings. The molecule has 0 atom stereocenters. The highest BCUT2D eigenvalue weighted by molar-refractivity contribution is 7.89. The second-order valence-corrected chi connectivity index (χ2v) is 8.85. The molecular weight excluding hydrogens is 530 g/mol. The van der Waals surface area contributed by atoms with Gasteiger partial charge in [-0.05, 0) is 30.3 Å². The summed E-state index contributed by atoms with van der Waals surface area (Å²) in [5.41, 5.74) is -1.50. The molecule has 0 aliphatic heterocycles. The number of benzene rings is 2. The van der Waals surface area contributed by atoms with E-state index >= 15 is 0 Å². The molecule has 186 valence electrons. The third-order valence-corrected chi connectivity index (χ3v) is 4.95. The monoisotopic (exact) mass is 540 g/mol. The van der Waals surface area contributed by atoms with Crippen LogP contribution in [0.5, 0.6) is 17.4 Å². The van der Waals surface area contributed by atoms with Crippen LogP contribution in [0.3, 0.4) is 0 Å². The molecule has 7 nitrogen and oxygen atoms in total. The Hall–Kier alpha value is -3.52. The van der Waals surface area contributed by atoms with Gasteiger partial charge in [-0.1, -0.05) is 11.6 Å². The Bertz CT molecular complexity index is 1420. The standard InChI is InChI=1S/C20H11ClF6N2O5S/c1-35(31,32)29-18(30)10-6-15(33-20(26)27)9(5-14(10)24)8-4-11(21)19(28-7-8)34-17-13(23)3-2-12(22)16(17)25/h2-7,20H,1H3,(H,29,30). The first-order valence-corrected chi connectivity index (χ1v) is 11.3. The van der Waals surface area contributed by atoms with E-state index in [0.29, 0.717) is 30.5 Å². The van der Waals surface area contributed by atoms with Crippen molar-refractivity contribution in [3.05, 3.63) is 70.4 Å². The molecule has 0 radical (unpaired) electrons. The largest absolute Gasteiger partial charge is 0.434 e. The minimum Gasteiger partial charge on any atom is -0.434 e. The zero-order valence-corrected chi connectivity index (χ0v) is 18.7. The molecule has 0 fully saturated rings. The summed E-state index contributed by atoms with van der Waals surface area (Å²) in [5, 5.41) is -0.451. The maximum absolute atomic E-state index is 14.6. The number of rotatable bonds is 7. The van der Waals surface area contributed by atoms with Gasteiger partial charge < -0.3 is 9.47 Å². The van der Waals surface area contributed by atoms with Gasteiger partial charge in [0.25, 0.3) is 5.91 Å². The van der Waals surface area contributed by atoms with Crippen molar-refractivity contribution >= 4 is 27.5 Å². The predicted octanol–water partition coefficient (Wildman–Crippen LogP) is 5.04. The first kappa shape index (κ1) is 26.1. The lowest BCUT2D eigenvalue weighted by Crippen LogP contribution is -2.30. The van der Waals surface area contributed by atoms with E-state index in [1.165, 1.54) is 4.72 Å². The number of nitrogens with one attached hydrogen (secondary N) is 1. The summed E-state index contributed by atoms with van der Waals surface area (Å²) in [6.07, 6.45) is 1.49. The number of carbonyl (C=O) groups excluding carboxylic acids is 1. The molecule has 3 rings (SSSR count). The van der Waals surface area contributed by atoms with E-state index in [0.717, 1.165) is 12.3 Å². The summed E-state index contributed by atoms with van der Waals surface area (Å²) in [6.45, 7) is -3.44. The number of alkyl halides is 2. The molecule has 1 amide bonds. The highest BCUT2D eigenvalue weighted by Crippen LogP contribution is 2.38. The number of carbonyl (C=O) groups is 1. The first-order valence-electron chi connectivity index (χ1n) is 9.04. The van der Waals surface area contributed by atoms with E-state index in [-0.39, 0.29) is 5.56 Å². The number of hydrogen-bond acceptors (Lipinski definition) is 6. The summed E-state index contributed by atoms with van der Waals surface area (Å²) in [4.78, 5) is 15.7. The Labute approximate surface area is 198 Å². The number of sulfonamides is 1. The minimum atomic E-state index is -4.10. The van der Waals surface area contributed by atoms with E-state index in [9.17, 15) is 39.6 Å². The average Bonchev–Trinajstić information content (AvgIpc) is 2.74. The number of hydrogen-bond donors (Lipinski definition) is 1. The van der Waals surface area contributed by atoms with Crippen molar-refractivity contribution in [3.63, 3.8) is 0 Å². The van der Waals surface area contributed by atoms with Gasteiger partial charge in [0, 0.05) is 17.3 Å². The third kappa shape index (κ3) is 6.14. The molecule has 0 bridgehead atoms. The van der Waals surface area contributed by atoms with Crippen molar-refractivity contribution in [2.45, 2.75) is 6.61 Å². The van der Waals surface area contributed by atoms with Crippen LogP contribution in [0.15, 0.2) is 36.5 Å². The Balaban J connectivity index is 2.04. The van der Waals surface area contributed by atoms with Crippen LogP contribution in [0.4, 0.5) is 26.3 Å². The molecule has 0 aliphatic rings. The van der Waals surface area contributed by atoms with Crippen LogP contribution in [-0.4, -0.2) is 32.2 Å². The number of ether oxygens (including phenoxy) is 2.